The number of fused-ring (bicyclic) bond motifs is 1. The summed E-state index contributed by atoms with van der Waals surface area (Å²) in [5.74, 6) is 1.25. The number of nitrogens with one attached hydrogen (secondary N) is 2. The van der Waals surface area contributed by atoms with Crippen molar-refractivity contribution in [1.82, 2.24) is 20.2 Å². The topological polar surface area (TPSA) is 61.0 Å². The number of hydrogen-bond acceptors (Lipinski definition) is 3. The first-order valence-electron chi connectivity index (χ1n) is 8.04. The van der Waals surface area contributed by atoms with Crippen molar-refractivity contribution >= 4 is 42.3 Å². The Balaban J connectivity index is 0.00000113. The summed E-state index contributed by atoms with van der Waals surface area (Å²) < 4.78 is 0. The first-order chi connectivity index (χ1) is 11.2. The Kier molecular flexibility index (Phi) is 6.74. The molecule has 4 rings (SSSR count). The molecule has 0 saturated carbocycles. The SMILES string of the molecule is Cl.Cl.O=C(C1CCNC1)N1CCc2nc(-c3ccc(Cl)cc3)[nH]c2C1. The highest BCUT2D eigenvalue weighted by molar-refractivity contribution is 6.30. The first kappa shape index (κ1) is 20.0. The van der Waals surface area contributed by atoms with Crippen LogP contribution in [0.1, 0.15) is 17.8 Å². The monoisotopic (exact) mass is 402 g/mol. The third kappa shape index (κ3) is 4.11. The van der Waals surface area contributed by atoms with Crippen LogP contribution in [-0.2, 0) is 17.8 Å². The molecule has 1 fully saturated rings. The zero-order valence-electron chi connectivity index (χ0n) is 13.6. The molecule has 2 N–H and O–H groups in total. The lowest BCUT2D eigenvalue weighted by Crippen LogP contribution is -2.40. The highest BCUT2D eigenvalue weighted by Crippen LogP contribution is 2.25. The van der Waals surface area contributed by atoms with Gasteiger partial charge >= 0.3 is 0 Å². The van der Waals surface area contributed by atoms with Crippen LogP contribution >= 0.6 is 36.4 Å². The first-order valence-corrected chi connectivity index (χ1v) is 8.42. The maximum Gasteiger partial charge on any atom is 0.227 e. The number of imidazole rings is 1. The van der Waals surface area contributed by atoms with Gasteiger partial charge in [-0.2, -0.15) is 0 Å². The van der Waals surface area contributed by atoms with E-state index in [4.69, 9.17) is 16.6 Å². The van der Waals surface area contributed by atoms with E-state index in [-0.39, 0.29) is 36.6 Å². The van der Waals surface area contributed by atoms with Gasteiger partial charge in [0.25, 0.3) is 0 Å². The van der Waals surface area contributed by atoms with Gasteiger partial charge in [-0.05, 0) is 37.2 Å². The van der Waals surface area contributed by atoms with Crippen molar-refractivity contribution in [3.63, 3.8) is 0 Å². The Hall–Kier alpha value is -1.27. The summed E-state index contributed by atoms with van der Waals surface area (Å²) in [6.45, 7) is 3.14. The molecule has 136 valence electrons. The normalized spacial score (nSPS) is 18.9. The fourth-order valence-corrected chi connectivity index (χ4v) is 3.48. The van der Waals surface area contributed by atoms with Gasteiger partial charge in [0.2, 0.25) is 5.91 Å². The molecule has 1 amide bonds. The number of hydrogen-bond donors (Lipinski definition) is 2. The lowest BCUT2D eigenvalue weighted by molar-refractivity contribution is -0.135. The molecule has 0 spiro atoms. The van der Waals surface area contributed by atoms with Crippen LogP contribution in [0.4, 0.5) is 0 Å². The van der Waals surface area contributed by atoms with E-state index in [1.54, 1.807) is 0 Å². The van der Waals surface area contributed by atoms with Gasteiger partial charge in [-0.3, -0.25) is 4.79 Å². The van der Waals surface area contributed by atoms with Gasteiger partial charge in [0.1, 0.15) is 5.82 Å². The van der Waals surface area contributed by atoms with Crippen molar-refractivity contribution in [3.8, 4) is 11.4 Å². The zero-order chi connectivity index (χ0) is 15.8. The maximum atomic E-state index is 12.6. The Labute approximate surface area is 164 Å². The van der Waals surface area contributed by atoms with E-state index in [1.807, 2.05) is 29.2 Å². The number of benzene rings is 1. The minimum atomic E-state index is 0. The summed E-state index contributed by atoms with van der Waals surface area (Å²) in [6.07, 6.45) is 1.76. The average molecular weight is 404 g/mol. The van der Waals surface area contributed by atoms with Crippen LogP contribution in [0.2, 0.25) is 5.02 Å². The van der Waals surface area contributed by atoms with Crippen molar-refractivity contribution in [1.29, 1.82) is 0 Å². The minimum Gasteiger partial charge on any atom is -0.340 e. The molecule has 0 bridgehead atoms. The quantitative estimate of drug-likeness (QED) is 0.810. The van der Waals surface area contributed by atoms with E-state index < -0.39 is 0 Å². The molecule has 5 nitrogen and oxygen atoms in total. The second-order valence-corrected chi connectivity index (χ2v) is 6.65. The molecule has 0 aliphatic carbocycles. The molecule has 1 atom stereocenters. The second kappa shape index (κ2) is 8.41. The van der Waals surface area contributed by atoms with E-state index in [0.717, 1.165) is 55.3 Å². The number of halogens is 3. The number of carbonyl (C=O) groups excluding carboxylic acids is 1. The van der Waals surface area contributed by atoms with Crippen molar-refractivity contribution in [2.45, 2.75) is 19.4 Å². The van der Waals surface area contributed by atoms with Crippen molar-refractivity contribution in [3.05, 3.63) is 40.7 Å². The summed E-state index contributed by atoms with van der Waals surface area (Å²) in [5.41, 5.74) is 3.14. The number of aromatic amines is 1. The number of aromatic nitrogens is 2. The van der Waals surface area contributed by atoms with Crippen LogP contribution in [-0.4, -0.2) is 40.4 Å². The third-order valence-corrected chi connectivity index (χ3v) is 4.92. The Morgan fingerprint density at radius 1 is 1.24 bits per heavy atom. The zero-order valence-corrected chi connectivity index (χ0v) is 16.0. The van der Waals surface area contributed by atoms with Crippen LogP contribution in [0.25, 0.3) is 11.4 Å². The fourth-order valence-electron chi connectivity index (χ4n) is 3.35. The molecule has 2 aliphatic rings. The molecule has 2 aromatic rings. The van der Waals surface area contributed by atoms with Gasteiger partial charge in [-0.25, -0.2) is 4.98 Å². The molecule has 1 aromatic heterocycles. The molecule has 8 heteroatoms. The van der Waals surface area contributed by atoms with E-state index in [0.29, 0.717) is 11.6 Å². The highest BCUT2D eigenvalue weighted by Gasteiger charge is 2.30. The largest absolute Gasteiger partial charge is 0.340 e. The van der Waals surface area contributed by atoms with Crippen molar-refractivity contribution < 1.29 is 4.79 Å². The minimum absolute atomic E-state index is 0. The molecular weight excluding hydrogens is 383 g/mol. The van der Waals surface area contributed by atoms with Crippen LogP contribution in [0.15, 0.2) is 24.3 Å². The molecule has 3 heterocycles. The molecule has 0 radical (unpaired) electrons. The number of nitrogens with zero attached hydrogens (tertiary/aromatic N) is 2. The predicted molar refractivity (Wildman–Crippen MR) is 104 cm³/mol. The number of H-pyrrole nitrogens is 1. The van der Waals surface area contributed by atoms with E-state index in [1.165, 1.54) is 0 Å². The Morgan fingerprint density at radius 3 is 2.68 bits per heavy atom. The fraction of sp³-hybridized carbons (Fsp3) is 0.412. The number of amides is 1. The summed E-state index contributed by atoms with van der Waals surface area (Å²) in [6, 6.07) is 7.64. The standard InChI is InChI=1S/C17H19ClN4O.2ClH/c18-13-3-1-11(2-4-13)16-20-14-6-8-22(10-15(14)21-16)17(23)12-5-7-19-9-12;;/h1-4,12,19H,5-10H2,(H,20,21);2*1H. The maximum absolute atomic E-state index is 12.6. The van der Waals surface area contributed by atoms with Gasteiger partial charge < -0.3 is 15.2 Å². The molecular formula is C17H21Cl3N4O. The van der Waals surface area contributed by atoms with Gasteiger partial charge in [0.05, 0.1) is 23.9 Å². The average Bonchev–Trinajstić information content (AvgIpc) is 3.23. The van der Waals surface area contributed by atoms with Crippen molar-refractivity contribution in [2.24, 2.45) is 5.92 Å². The summed E-state index contributed by atoms with van der Waals surface area (Å²) >= 11 is 5.94. The summed E-state index contributed by atoms with van der Waals surface area (Å²) in [5, 5.41) is 3.98. The van der Waals surface area contributed by atoms with Gasteiger partial charge in [-0.15, -0.1) is 24.8 Å². The van der Waals surface area contributed by atoms with E-state index in [9.17, 15) is 4.79 Å². The van der Waals surface area contributed by atoms with Gasteiger partial charge in [0, 0.05) is 30.1 Å². The number of rotatable bonds is 2. The summed E-state index contributed by atoms with van der Waals surface area (Å²) in [7, 11) is 0. The Bertz CT molecular complexity index is 726. The van der Waals surface area contributed by atoms with Crippen LogP contribution in [0, 0.1) is 5.92 Å². The van der Waals surface area contributed by atoms with Gasteiger partial charge in [0.15, 0.2) is 0 Å². The van der Waals surface area contributed by atoms with E-state index in [2.05, 4.69) is 10.3 Å². The molecule has 25 heavy (non-hydrogen) atoms. The molecule has 1 saturated heterocycles. The third-order valence-electron chi connectivity index (χ3n) is 4.67. The van der Waals surface area contributed by atoms with Gasteiger partial charge in [-0.1, -0.05) is 11.6 Å². The van der Waals surface area contributed by atoms with Crippen LogP contribution < -0.4 is 5.32 Å². The molecule has 1 unspecified atom stereocenters. The number of carbonyl (C=O) groups is 1. The molecule has 1 aromatic carbocycles. The van der Waals surface area contributed by atoms with E-state index >= 15 is 0 Å². The van der Waals surface area contributed by atoms with Crippen LogP contribution in [0.3, 0.4) is 0 Å². The van der Waals surface area contributed by atoms with Crippen molar-refractivity contribution in [2.75, 3.05) is 19.6 Å². The smallest absolute Gasteiger partial charge is 0.227 e. The molecule has 2 aliphatic heterocycles. The second-order valence-electron chi connectivity index (χ2n) is 6.22. The lowest BCUT2D eigenvalue weighted by Gasteiger charge is -2.28. The lowest BCUT2D eigenvalue weighted by atomic mass is 10.0. The summed E-state index contributed by atoms with van der Waals surface area (Å²) in [4.78, 5) is 22.6. The highest BCUT2D eigenvalue weighted by atomic mass is 35.5. The Morgan fingerprint density at radius 2 is 2.00 bits per heavy atom. The predicted octanol–water partition coefficient (Wildman–Crippen LogP) is 3.07. The van der Waals surface area contributed by atoms with Crippen LogP contribution in [0.5, 0.6) is 0 Å².